The zero-order valence-corrected chi connectivity index (χ0v) is 10.3. The molecule has 1 aromatic heterocycles. The van der Waals surface area contributed by atoms with Crippen LogP contribution in [-0.2, 0) is 0 Å². The maximum absolute atomic E-state index is 12.2. The van der Waals surface area contributed by atoms with Crippen LogP contribution in [0.5, 0.6) is 0 Å². The lowest BCUT2D eigenvalue weighted by atomic mass is 10.0. The van der Waals surface area contributed by atoms with E-state index in [1.807, 2.05) is 13.0 Å². The van der Waals surface area contributed by atoms with Crippen molar-refractivity contribution in [1.82, 2.24) is 4.98 Å². The van der Waals surface area contributed by atoms with Gasteiger partial charge in [0.2, 0.25) is 0 Å². The van der Waals surface area contributed by atoms with E-state index in [4.69, 9.17) is 0 Å². The Balaban J connectivity index is 2.69. The molecule has 0 unspecified atom stereocenters. The molecule has 2 rings (SSSR count). The van der Waals surface area contributed by atoms with Crippen molar-refractivity contribution >= 4 is 22.8 Å². The van der Waals surface area contributed by atoms with Crippen LogP contribution in [0.2, 0.25) is 0 Å². The fourth-order valence-electron chi connectivity index (χ4n) is 2.01. The monoisotopic (exact) mass is 241 g/mol. The van der Waals surface area contributed by atoms with Crippen molar-refractivity contribution < 1.29 is 4.79 Å². The SMILES string of the molecule is C=Cc1cccc2c(=O)c(C(=O)CCC)c[nH]c12. The van der Waals surface area contributed by atoms with E-state index >= 15 is 0 Å². The van der Waals surface area contributed by atoms with Crippen molar-refractivity contribution in [3.05, 3.63) is 52.3 Å². The number of hydrogen-bond acceptors (Lipinski definition) is 2. The van der Waals surface area contributed by atoms with E-state index in [0.717, 1.165) is 17.5 Å². The Hall–Kier alpha value is -2.16. The summed E-state index contributed by atoms with van der Waals surface area (Å²) in [6, 6.07) is 5.39. The summed E-state index contributed by atoms with van der Waals surface area (Å²) >= 11 is 0. The highest BCUT2D eigenvalue weighted by molar-refractivity contribution is 5.99. The number of fused-ring (bicyclic) bond motifs is 1. The van der Waals surface area contributed by atoms with Crippen LogP contribution in [-0.4, -0.2) is 10.8 Å². The van der Waals surface area contributed by atoms with E-state index < -0.39 is 0 Å². The molecular weight excluding hydrogens is 226 g/mol. The molecule has 0 radical (unpaired) electrons. The molecule has 0 fully saturated rings. The summed E-state index contributed by atoms with van der Waals surface area (Å²) in [6.07, 6.45) is 4.33. The summed E-state index contributed by atoms with van der Waals surface area (Å²) in [5.74, 6) is -0.107. The lowest BCUT2D eigenvalue weighted by Gasteiger charge is -2.04. The van der Waals surface area contributed by atoms with Crippen LogP contribution >= 0.6 is 0 Å². The number of benzene rings is 1. The van der Waals surface area contributed by atoms with Crippen LogP contribution < -0.4 is 5.43 Å². The third-order valence-electron chi connectivity index (χ3n) is 2.94. The van der Waals surface area contributed by atoms with Crippen molar-refractivity contribution in [2.75, 3.05) is 0 Å². The van der Waals surface area contributed by atoms with Gasteiger partial charge < -0.3 is 4.98 Å². The van der Waals surface area contributed by atoms with Crippen LogP contribution in [0, 0.1) is 0 Å². The quantitative estimate of drug-likeness (QED) is 0.836. The summed E-state index contributed by atoms with van der Waals surface area (Å²) in [7, 11) is 0. The summed E-state index contributed by atoms with van der Waals surface area (Å²) in [5.41, 5.74) is 1.63. The highest BCUT2D eigenvalue weighted by Crippen LogP contribution is 2.15. The standard InChI is InChI=1S/C15H15NO2/c1-3-6-13(17)12-9-16-14-10(4-2)7-5-8-11(14)15(12)18/h4-5,7-9H,2-3,6H2,1H3,(H,16,18). The second kappa shape index (κ2) is 5.00. The van der Waals surface area contributed by atoms with Crippen LogP contribution in [0.1, 0.15) is 35.7 Å². The molecule has 92 valence electrons. The largest absolute Gasteiger partial charge is 0.360 e. The first-order valence-corrected chi connectivity index (χ1v) is 5.99. The van der Waals surface area contributed by atoms with Crippen LogP contribution in [0.15, 0.2) is 35.8 Å². The van der Waals surface area contributed by atoms with Gasteiger partial charge in [0.1, 0.15) is 0 Å². The molecule has 18 heavy (non-hydrogen) atoms. The number of carbonyl (C=O) groups is 1. The second-order valence-corrected chi connectivity index (χ2v) is 4.18. The average Bonchev–Trinajstić information content (AvgIpc) is 2.39. The van der Waals surface area contributed by atoms with Gasteiger partial charge in [0.25, 0.3) is 0 Å². The first-order chi connectivity index (χ1) is 8.69. The number of rotatable bonds is 4. The minimum atomic E-state index is -0.203. The zero-order valence-electron chi connectivity index (χ0n) is 10.3. The zero-order chi connectivity index (χ0) is 13.1. The predicted molar refractivity (Wildman–Crippen MR) is 73.9 cm³/mol. The summed E-state index contributed by atoms with van der Waals surface area (Å²) in [6.45, 7) is 5.63. The van der Waals surface area contributed by atoms with Gasteiger partial charge in [-0.1, -0.05) is 31.7 Å². The number of para-hydroxylation sites is 1. The molecular formula is C15H15NO2. The Morgan fingerprint density at radius 3 is 2.89 bits per heavy atom. The smallest absolute Gasteiger partial charge is 0.200 e. The molecule has 1 N–H and O–H groups in total. The van der Waals surface area contributed by atoms with Gasteiger partial charge in [-0.15, -0.1) is 0 Å². The molecule has 3 nitrogen and oxygen atoms in total. The van der Waals surface area contributed by atoms with Crippen molar-refractivity contribution in [3.63, 3.8) is 0 Å². The first-order valence-electron chi connectivity index (χ1n) is 5.99. The lowest BCUT2D eigenvalue weighted by Crippen LogP contribution is -2.15. The number of aromatic amines is 1. The molecule has 0 atom stereocenters. The van der Waals surface area contributed by atoms with Crippen molar-refractivity contribution in [2.45, 2.75) is 19.8 Å². The topological polar surface area (TPSA) is 49.9 Å². The molecule has 0 amide bonds. The normalized spacial score (nSPS) is 10.5. The van der Waals surface area contributed by atoms with E-state index in [-0.39, 0.29) is 16.8 Å². The minimum Gasteiger partial charge on any atom is -0.360 e. The van der Waals surface area contributed by atoms with Crippen LogP contribution in [0.25, 0.3) is 17.0 Å². The first kappa shape index (κ1) is 12.3. The molecule has 2 aromatic rings. The van der Waals surface area contributed by atoms with Crippen LogP contribution in [0.4, 0.5) is 0 Å². The molecule has 0 bridgehead atoms. The number of Topliss-reactive ketones (excluding diaryl/α,β-unsaturated/α-hetero) is 1. The molecule has 0 saturated heterocycles. The number of carbonyl (C=O) groups excluding carboxylic acids is 1. The Labute approximate surface area is 105 Å². The van der Waals surface area contributed by atoms with Gasteiger partial charge in [0, 0.05) is 18.0 Å². The summed E-state index contributed by atoms with van der Waals surface area (Å²) < 4.78 is 0. The van der Waals surface area contributed by atoms with Crippen molar-refractivity contribution in [3.8, 4) is 0 Å². The fourth-order valence-corrected chi connectivity index (χ4v) is 2.01. The van der Waals surface area contributed by atoms with Gasteiger partial charge in [-0.25, -0.2) is 0 Å². The van der Waals surface area contributed by atoms with E-state index in [1.54, 1.807) is 18.2 Å². The van der Waals surface area contributed by atoms with Gasteiger partial charge in [-0.05, 0) is 18.1 Å². The Morgan fingerprint density at radius 1 is 1.44 bits per heavy atom. The van der Waals surface area contributed by atoms with Gasteiger partial charge in [-0.3, -0.25) is 9.59 Å². The number of nitrogens with one attached hydrogen (secondary N) is 1. The summed E-state index contributed by atoms with van der Waals surface area (Å²) in [5, 5.41) is 0.536. The molecule has 1 heterocycles. The average molecular weight is 241 g/mol. The van der Waals surface area contributed by atoms with E-state index in [9.17, 15) is 9.59 Å². The van der Waals surface area contributed by atoms with E-state index in [2.05, 4.69) is 11.6 Å². The van der Waals surface area contributed by atoms with E-state index in [0.29, 0.717) is 11.8 Å². The van der Waals surface area contributed by atoms with Crippen molar-refractivity contribution in [1.29, 1.82) is 0 Å². The minimum absolute atomic E-state index is 0.107. The lowest BCUT2D eigenvalue weighted by molar-refractivity contribution is 0.0980. The predicted octanol–water partition coefficient (Wildman–Crippen LogP) is 3.15. The van der Waals surface area contributed by atoms with Crippen LogP contribution in [0.3, 0.4) is 0 Å². The third kappa shape index (κ3) is 1.99. The molecule has 0 aliphatic rings. The molecule has 0 saturated carbocycles. The number of pyridine rings is 1. The molecule has 0 aliphatic heterocycles. The van der Waals surface area contributed by atoms with E-state index in [1.165, 1.54) is 6.20 Å². The van der Waals surface area contributed by atoms with Gasteiger partial charge in [0.05, 0.1) is 11.1 Å². The number of H-pyrrole nitrogens is 1. The highest BCUT2D eigenvalue weighted by atomic mass is 16.1. The molecule has 0 aliphatic carbocycles. The third-order valence-corrected chi connectivity index (χ3v) is 2.94. The van der Waals surface area contributed by atoms with Gasteiger partial charge >= 0.3 is 0 Å². The maximum atomic E-state index is 12.2. The number of hydrogen-bond donors (Lipinski definition) is 1. The fraction of sp³-hybridized carbons (Fsp3) is 0.200. The van der Waals surface area contributed by atoms with Gasteiger partial charge in [0.15, 0.2) is 11.2 Å². The Bertz CT molecular complexity index is 668. The Kier molecular flexibility index (Phi) is 3.42. The van der Waals surface area contributed by atoms with Crippen molar-refractivity contribution in [2.24, 2.45) is 0 Å². The number of ketones is 1. The Morgan fingerprint density at radius 2 is 2.22 bits per heavy atom. The van der Waals surface area contributed by atoms with Gasteiger partial charge in [-0.2, -0.15) is 0 Å². The molecule has 0 spiro atoms. The second-order valence-electron chi connectivity index (χ2n) is 4.18. The number of aromatic nitrogens is 1. The molecule has 1 aromatic carbocycles. The highest BCUT2D eigenvalue weighted by Gasteiger charge is 2.12. The maximum Gasteiger partial charge on any atom is 0.200 e. The summed E-state index contributed by atoms with van der Waals surface area (Å²) in [4.78, 5) is 27.1. The molecule has 3 heteroatoms.